The predicted octanol–water partition coefficient (Wildman–Crippen LogP) is 3.62. The second-order valence-electron chi connectivity index (χ2n) is 4.39. The van der Waals surface area contributed by atoms with E-state index in [1.54, 1.807) is 6.07 Å². The zero-order valence-electron chi connectivity index (χ0n) is 8.82. The lowest BCUT2D eigenvalue weighted by atomic mass is 9.86. The van der Waals surface area contributed by atoms with Crippen LogP contribution in [0.15, 0.2) is 16.6 Å². The summed E-state index contributed by atoms with van der Waals surface area (Å²) in [6, 6.07) is 3.24. The number of rotatable bonds is 1. The first kappa shape index (κ1) is 11.1. The van der Waals surface area contributed by atoms with Gasteiger partial charge >= 0.3 is 0 Å². The molecule has 0 atom stereocenters. The van der Waals surface area contributed by atoms with E-state index in [1.807, 2.05) is 6.92 Å². The lowest BCUT2D eigenvalue weighted by molar-refractivity contribution is 0.430. The summed E-state index contributed by atoms with van der Waals surface area (Å²) in [5.74, 6) is -0.167. The molecule has 0 aliphatic heterocycles. The summed E-state index contributed by atoms with van der Waals surface area (Å²) in [4.78, 5) is 0. The lowest BCUT2D eigenvalue weighted by Crippen LogP contribution is -2.35. The van der Waals surface area contributed by atoms with E-state index in [9.17, 15) is 4.39 Å². The molecule has 1 aromatic carbocycles. The minimum atomic E-state index is -0.446. The summed E-state index contributed by atoms with van der Waals surface area (Å²) in [5.41, 5.74) is 7.49. The van der Waals surface area contributed by atoms with Crippen molar-refractivity contribution in [2.45, 2.75) is 38.1 Å². The molecule has 1 nitrogen and oxygen atoms in total. The predicted molar refractivity (Wildman–Crippen MR) is 63.2 cm³/mol. The molecular weight excluding hydrogens is 257 g/mol. The molecule has 0 amide bonds. The van der Waals surface area contributed by atoms with Gasteiger partial charge in [0.2, 0.25) is 0 Å². The zero-order chi connectivity index (χ0) is 11.1. The van der Waals surface area contributed by atoms with Gasteiger partial charge in [-0.15, -0.1) is 0 Å². The number of benzene rings is 1. The summed E-state index contributed by atoms with van der Waals surface area (Å²) in [6.45, 7) is 1.93. The van der Waals surface area contributed by atoms with E-state index < -0.39 is 5.54 Å². The molecule has 1 saturated carbocycles. The Morgan fingerprint density at radius 1 is 1.33 bits per heavy atom. The van der Waals surface area contributed by atoms with Crippen LogP contribution in [-0.4, -0.2) is 0 Å². The Morgan fingerprint density at radius 2 is 1.93 bits per heavy atom. The van der Waals surface area contributed by atoms with Crippen LogP contribution >= 0.6 is 15.9 Å². The maximum atomic E-state index is 13.8. The average molecular weight is 272 g/mol. The normalized spacial score (nSPS) is 19.5. The van der Waals surface area contributed by atoms with Crippen LogP contribution in [-0.2, 0) is 5.54 Å². The molecule has 0 aromatic heterocycles. The Bertz CT molecular complexity index is 383. The van der Waals surface area contributed by atoms with Gasteiger partial charge in [-0.1, -0.05) is 28.8 Å². The van der Waals surface area contributed by atoms with Gasteiger partial charge in [0.05, 0.1) is 0 Å². The molecule has 1 aliphatic rings. The van der Waals surface area contributed by atoms with Crippen LogP contribution in [0.1, 0.15) is 36.8 Å². The molecule has 0 heterocycles. The van der Waals surface area contributed by atoms with Crippen LogP contribution in [0.2, 0.25) is 0 Å². The Labute approximate surface area is 98.0 Å². The van der Waals surface area contributed by atoms with Gasteiger partial charge < -0.3 is 5.73 Å². The smallest absolute Gasteiger partial charge is 0.128 e. The summed E-state index contributed by atoms with van der Waals surface area (Å²) < 4.78 is 14.8. The topological polar surface area (TPSA) is 26.0 Å². The number of nitrogens with two attached hydrogens (primary N) is 1. The van der Waals surface area contributed by atoms with Gasteiger partial charge in [0, 0.05) is 15.6 Å². The second kappa shape index (κ2) is 3.87. The van der Waals surface area contributed by atoms with Gasteiger partial charge in [0.25, 0.3) is 0 Å². The highest BCUT2D eigenvalue weighted by molar-refractivity contribution is 9.10. The monoisotopic (exact) mass is 271 g/mol. The van der Waals surface area contributed by atoms with Crippen molar-refractivity contribution in [1.29, 1.82) is 0 Å². The van der Waals surface area contributed by atoms with E-state index in [1.165, 1.54) is 6.07 Å². The SMILES string of the molecule is Cc1c(Br)ccc(F)c1C1(N)CCCC1. The molecule has 0 spiro atoms. The second-order valence-corrected chi connectivity index (χ2v) is 5.25. The van der Waals surface area contributed by atoms with E-state index in [2.05, 4.69) is 15.9 Å². The van der Waals surface area contributed by atoms with E-state index in [0.29, 0.717) is 5.56 Å². The van der Waals surface area contributed by atoms with Crippen molar-refractivity contribution in [2.24, 2.45) is 5.73 Å². The number of hydrogen-bond acceptors (Lipinski definition) is 1. The van der Waals surface area contributed by atoms with Crippen LogP contribution in [0.4, 0.5) is 4.39 Å². The molecule has 0 radical (unpaired) electrons. The number of halogens is 2. The minimum Gasteiger partial charge on any atom is -0.321 e. The van der Waals surface area contributed by atoms with Crippen molar-refractivity contribution in [3.8, 4) is 0 Å². The van der Waals surface area contributed by atoms with Crippen molar-refractivity contribution in [3.05, 3.63) is 33.5 Å². The third kappa shape index (κ3) is 1.83. The van der Waals surface area contributed by atoms with Gasteiger partial charge in [-0.05, 0) is 37.5 Å². The van der Waals surface area contributed by atoms with E-state index in [0.717, 1.165) is 35.7 Å². The summed E-state index contributed by atoms with van der Waals surface area (Å²) in [5, 5.41) is 0. The fraction of sp³-hybridized carbons (Fsp3) is 0.500. The fourth-order valence-corrected chi connectivity index (χ4v) is 2.85. The van der Waals surface area contributed by atoms with Gasteiger partial charge in [-0.2, -0.15) is 0 Å². The Morgan fingerprint density at radius 3 is 2.53 bits per heavy atom. The van der Waals surface area contributed by atoms with Crippen LogP contribution in [0, 0.1) is 12.7 Å². The molecule has 0 saturated heterocycles. The van der Waals surface area contributed by atoms with Crippen LogP contribution in [0.5, 0.6) is 0 Å². The fourth-order valence-electron chi connectivity index (χ4n) is 2.52. The highest BCUT2D eigenvalue weighted by Crippen LogP contribution is 2.40. The molecule has 1 fully saturated rings. The van der Waals surface area contributed by atoms with Crippen LogP contribution in [0.3, 0.4) is 0 Å². The molecule has 0 bridgehead atoms. The third-order valence-corrected chi connectivity index (χ3v) is 4.20. The van der Waals surface area contributed by atoms with Crippen LogP contribution < -0.4 is 5.73 Å². The Balaban J connectivity index is 2.55. The average Bonchev–Trinajstić information content (AvgIpc) is 2.60. The van der Waals surface area contributed by atoms with E-state index >= 15 is 0 Å². The van der Waals surface area contributed by atoms with Crippen molar-refractivity contribution >= 4 is 15.9 Å². The summed E-state index contributed by atoms with van der Waals surface area (Å²) >= 11 is 3.43. The first-order valence-electron chi connectivity index (χ1n) is 5.28. The van der Waals surface area contributed by atoms with Crippen LogP contribution in [0.25, 0.3) is 0 Å². The maximum absolute atomic E-state index is 13.8. The third-order valence-electron chi connectivity index (χ3n) is 3.34. The van der Waals surface area contributed by atoms with E-state index in [-0.39, 0.29) is 5.82 Å². The van der Waals surface area contributed by atoms with Crippen molar-refractivity contribution < 1.29 is 4.39 Å². The largest absolute Gasteiger partial charge is 0.321 e. The molecule has 3 heteroatoms. The molecule has 0 unspecified atom stereocenters. The first-order valence-corrected chi connectivity index (χ1v) is 6.08. The Kier molecular flexibility index (Phi) is 2.86. The molecule has 2 N–H and O–H groups in total. The van der Waals surface area contributed by atoms with Gasteiger partial charge in [-0.3, -0.25) is 0 Å². The van der Waals surface area contributed by atoms with Gasteiger partial charge in [0.15, 0.2) is 0 Å². The summed E-state index contributed by atoms with van der Waals surface area (Å²) in [7, 11) is 0. The standard InChI is InChI=1S/C12H15BrFN/c1-8-9(13)4-5-10(14)11(8)12(15)6-2-3-7-12/h4-5H,2-3,6-7,15H2,1H3. The van der Waals surface area contributed by atoms with Crippen molar-refractivity contribution in [2.75, 3.05) is 0 Å². The van der Waals surface area contributed by atoms with Gasteiger partial charge in [-0.25, -0.2) is 4.39 Å². The zero-order valence-corrected chi connectivity index (χ0v) is 10.4. The lowest BCUT2D eigenvalue weighted by Gasteiger charge is -2.27. The van der Waals surface area contributed by atoms with Crippen molar-refractivity contribution in [1.82, 2.24) is 0 Å². The molecular formula is C12H15BrFN. The molecule has 82 valence electrons. The molecule has 1 aliphatic carbocycles. The van der Waals surface area contributed by atoms with Gasteiger partial charge in [0.1, 0.15) is 5.82 Å². The molecule has 1 aromatic rings. The number of hydrogen-bond donors (Lipinski definition) is 1. The maximum Gasteiger partial charge on any atom is 0.128 e. The molecule has 15 heavy (non-hydrogen) atoms. The van der Waals surface area contributed by atoms with Crippen molar-refractivity contribution in [3.63, 3.8) is 0 Å². The minimum absolute atomic E-state index is 0.167. The molecule has 2 rings (SSSR count). The first-order chi connectivity index (χ1) is 7.04. The highest BCUT2D eigenvalue weighted by Gasteiger charge is 2.35. The summed E-state index contributed by atoms with van der Waals surface area (Å²) in [6.07, 6.45) is 3.98. The Hall–Kier alpha value is -0.410. The quantitative estimate of drug-likeness (QED) is 0.830. The van der Waals surface area contributed by atoms with E-state index in [4.69, 9.17) is 5.73 Å². The highest BCUT2D eigenvalue weighted by atomic mass is 79.9.